The molecule has 1 amide bonds. The lowest BCUT2D eigenvalue weighted by molar-refractivity contribution is -0.113. The number of carbonyl (C=O) groups excluding carboxylic acids is 1. The number of sulfone groups is 1. The summed E-state index contributed by atoms with van der Waals surface area (Å²) in [6, 6.07) is 5.43. The number of halogens is 1. The van der Waals surface area contributed by atoms with Crippen LogP contribution in [0.15, 0.2) is 33.9 Å². The Labute approximate surface area is 141 Å². The molecule has 1 saturated heterocycles. The number of anilines is 1. The van der Waals surface area contributed by atoms with Crippen LogP contribution in [-0.4, -0.2) is 41.8 Å². The number of rotatable bonds is 5. The second kappa shape index (κ2) is 6.89. The van der Waals surface area contributed by atoms with Crippen LogP contribution in [0.4, 0.5) is 10.1 Å². The highest BCUT2D eigenvalue weighted by Crippen LogP contribution is 2.29. The lowest BCUT2D eigenvalue weighted by Gasteiger charge is -2.03. The van der Waals surface area contributed by atoms with Gasteiger partial charge in [-0.05, 0) is 30.7 Å². The summed E-state index contributed by atoms with van der Waals surface area (Å²) in [5.41, 5.74) is 0.490. The summed E-state index contributed by atoms with van der Waals surface area (Å²) >= 11 is 1.05. The Bertz CT molecular complexity index is 836. The number of nitrogens with zero attached hydrogens (tertiary/aromatic N) is 2. The predicted octanol–water partition coefficient (Wildman–Crippen LogP) is 1.84. The third kappa shape index (κ3) is 4.32. The Kier molecular flexibility index (Phi) is 4.86. The van der Waals surface area contributed by atoms with Crippen LogP contribution in [0.25, 0.3) is 0 Å². The lowest BCUT2D eigenvalue weighted by atomic mass is 10.1. The Morgan fingerprint density at radius 3 is 2.75 bits per heavy atom. The molecular formula is C14H14FN3O4S2. The largest absolute Gasteiger partial charge is 0.416 e. The van der Waals surface area contributed by atoms with Crippen molar-refractivity contribution in [1.82, 2.24) is 10.2 Å². The van der Waals surface area contributed by atoms with E-state index in [-0.39, 0.29) is 46.0 Å². The van der Waals surface area contributed by atoms with Gasteiger partial charge in [0.25, 0.3) is 5.22 Å². The smallest absolute Gasteiger partial charge is 0.277 e. The molecule has 2 aromatic rings. The van der Waals surface area contributed by atoms with Crippen LogP contribution < -0.4 is 5.32 Å². The van der Waals surface area contributed by atoms with E-state index in [0.29, 0.717) is 12.1 Å². The zero-order valence-corrected chi connectivity index (χ0v) is 14.1. The molecule has 128 valence electrons. The van der Waals surface area contributed by atoms with Gasteiger partial charge in [-0.2, -0.15) is 0 Å². The molecule has 1 unspecified atom stereocenters. The number of carbonyl (C=O) groups is 1. The Morgan fingerprint density at radius 1 is 1.33 bits per heavy atom. The van der Waals surface area contributed by atoms with Crippen molar-refractivity contribution in [2.75, 3.05) is 22.6 Å². The monoisotopic (exact) mass is 371 g/mol. The molecule has 1 N–H and O–H groups in total. The molecule has 24 heavy (non-hydrogen) atoms. The van der Waals surface area contributed by atoms with Gasteiger partial charge in [-0.25, -0.2) is 12.8 Å². The summed E-state index contributed by atoms with van der Waals surface area (Å²) in [5, 5.41) is 10.5. The summed E-state index contributed by atoms with van der Waals surface area (Å²) in [4.78, 5) is 11.8. The summed E-state index contributed by atoms with van der Waals surface area (Å²) in [6.07, 6.45) is 0.472. The second-order valence-electron chi connectivity index (χ2n) is 5.35. The van der Waals surface area contributed by atoms with E-state index in [2.05, 4.69) is 15.5 Å². The normalized spacial score (nSPS) is 19.3. The standard InChI is InChI=1S/C14H14FN3O4S2/c15-10-1-3-11(4-2-10)16-12(19)7-23-14-18-17-13(22-14)9-5-6-24(20,21)8-9/h1-4,9H,5-8H2,(H,16,19). The fourth-order valence-corrected chi connectivity index (χ4v) is 4.59. The van der Waals surface area contributed by atoms with Crippen LogP contribution in [-0.2, 0) is 14.6 Å². The van der Waals surface area contributed by atoms with Gasteiger partial charge >= 0.3 is 0 Å². The van der Waals surface area contributed by atoms with Crippen molar-refractivity contribution in [2.24, 2.45) is 0 Å². The fourth-order valence-electron chi connectivity index (χ4n) is 2.29. The maximum atomic E-state index is 12.8. The van der Waals surface area contributed by atoms with Crippen LogP contribution in [0, 0.1) is 5.82 Å². The molecule has 0 saturated carbocycles. The van der Waals surface area contributed by atoms with E-state index in [9.17, 15) is 17.6 Å². The fraction of sp³-hybridized carbons (Fsp3) is 0.357. The third-order valence-corrected chi connectivity index (χ3v) is 6.04. The minimum Gasteiger partial charge on any atom is -0.416 e. The summed E-state index contributed by atoms with van der Waals surface area (Å²) in [6.45, 7) is 0. The molecule has 1 aliphatic heterocycles. The molecule has 1 fully saturated rings. The number of thioether (sulfide) groups is 1. The van der Waals surface area contributed by atoms with E-state index in [0.717, 1.165) is 11.8 Å². The van der Waals surface area contributed by atoms with Crippen LogP contribution >= 0.6 is 11.8 Å². The van der Waals surface area contributed by atoms with Crippen molar-refractivity contribution >= 4 is 33.2 Å². The van der Waals surface area contributed by atoms with Gasteiger partial charge in [-0.15, -0.1) is 10.2 Å². The molecule has 1 atom stereocenters. The van der Waals surface area contributed by atoms with Crippen molar-refractivity contribution < 1.29 is 22.0 Å². The SMILES string of the molecule is O=C(CSc1nnc(C2CCS(=O)(=O)C2)o1)Nc1ccc(F)cc1. The van der Waals surface area contributed by atoms with Crippen molar-refractivity contribution in [2.45, 2.75) is 17.6 Å². The summed E-state index contributed by atoms with van der Waals surface area (Å²) < 4.78 is 41.1. The first-order valence-corrected chi connectivity index (χ1v) is 9.94. The van der Waals surface area contributed by atoms with E-state index in [1.807, 2.05) is 0 Å². The zero-order chi connectivity index (χ0) is 17.2. The van der Waals surface area contributed by atoms with E-state index in [1.54, 1.807) is 0 Å². The highest BCUT2D eigenvalue weighted by molar-refractivity contribution is 7.99. The van der Waals surface area contributed by atoms with Gasteiger partial charge in [-0.1, -0.05) is 11.8 Å². The number of hydrogen-bond donors (Lipinski definition) is 1. The van der Waals surface area contributed by atoms with Crippen molar-refractivity contribution in [3.05, 3.63) is 36.0 Å². The molecular weight excluding hydrogens is 357 g/mol. The molecule has 1 aromatic heterocycles. The van der Waals surface area contributed by atoms with Gasteiger partial charge in [0.15, 0.2) is 9.84 Å². The highest BCUT2D eigenvalue weighted by Gasteiger charge is 2.32. The highest BCUT2D eigenvalue weighted by atomic mass is 32.2. The van der Waals surface area contributed by atoms with Gasteiger partial charge in [0.05, 0.1) is 23.2 Å². The average Bonchev–Trinajstić information content (AvgIpc) is 3.14. The maximum absolute atomic E-state index is 12.8. The van der Waals surface area contributed by atoms with Crippen molar-refractivity contribution in [1.29, 1.82) is 0 Å². The summed E-state index contributed by atoms with van der Waals surface area (Å²) in [5.74, 6) is -0.471. The number of hydrogen-bond acceptors (Lipinski definition) is 7. The first kappa shape index (κ1) is 16.9. The number of benzene rings is 1. The summed E-state index contributed by atoms with van der Waals surface area (Å²) in [7, 11) is -3.02. The molecule has 1 aromatic carbocycles. The molecule has 0 bridgehead atoms. The first-order valence-electron chi connectivity index (χ1n) is 7.13. The Balaban J connectivity index is 1.52. The van der Waals surface area contributed by atoms with E-state index < -0.39 is 9.84 Å². The minimum absolute atomic E-state index is 0.0182. The van der Waals surface area contributed by atoms with Crippen LogP contribution in [0.3, 0.4) is 0 Å². The maximum Gasteiger partial charge on any atom is 0.277 e. The van der Waals surface area contributed by atoms with Gasteiger partial charge < -0.3 is 9.73 Å². The van der Waals surface area contributed by atoms with E-state index in [4.69, 9.17) is 4.42 Å². The minimum atomic E-state index is -3.02. The topological polar surface area (TPSA) is 102 Å². The van der Waals surface area contributed by atoms with E-state index in [1.165, 1.54) is 24.3 Å². The van der Waals surface area contributed by atoms with Gasteiger partial charge in [-0.3, -0.25) is 4.79 Å². The molecule has 1 aliphatic rings. The van der Waals surface area contributed by atoms with Crippen LogP contribution in [0.2, 0.25) is 0 Å². The lowest BCUT2D eigenvalue weighted by Crippen LogP contribution is -2.13. The quantitative estimate of drug-likeness (QED) is 0.800. The number of aromatic nitrogens is 2. The molecule has 2 heterocycles. The average molecular weight is 371 g/mol. The van der Waals surface area contributed by atoms with Gasteiger partial charge in [0.1, 0.15) is 5.82 Å². The van der Waals surface area contributed by atoms with Crippen molar-refractivity contribution in [3.8, 4) is 0 Å². The molecule has 0 radical (unpaired) electrons. The Morgan fingerprint density at radius 2 is 2.08 bits per heavy atom. The van der Waals surface area contributed by atoms with Crippen LogP contribution in [0.1, 0.15) is 18.2 Å². The first-order chi connectivity index (χ1) is 11.4. The van der Waals surface area contributed by atoms with Gasteiger partial charge in [0.2, 0.25) is 11.8 Å². The number of nitrogens with one attached hydrogen (secondary N) is 1. The molecule has 0 aliphatic carbocycles. The third-order valence-electron chi connectivity index (χ3n) is 3.46. The molecule has 10 heteroatoms. The predicted molar refractivity (Wildman–Crippen MR) is 86.1 cm³/mol. The second-order valence-corrected chi connectivity index (χ2v) is 8.51. The van der Waals surface area contributed by atoms with Crippen molar-refractivity contribution in [3.63, 3.8) is 0 Å². The molecule has 7 nitrogen and oxygen atoms in total. The van der Waals surface area contributed by atoms with E-state index >= 15 is 0 Å². The van der Waals surface area contributed by atoms with Gasteiger partial charge in [0, 0.05) is 5.69 Å². The van der Waals surface area contributed by atoms with Crippen LogP contribution in [0.5, 0.6) is 0 Å². The molecule has 3 rings (SSSR count). The Hall–Kier alpha value is -1.94. The molecule has 0 spiro atoms. The number of amides is 1. The zero-order valence-electron chi connectivity index (χ0n) is 12.4.